The molecule has 4 heterocycles. The fourth-order valence-corrected chi connectivity index (χ4v) is 7.41. The van der Waals surface area contributed by atoms with Crippen molar-refractivity contribution in [2.45, 2.75) is 43.0 Å². The Morgan fingerprint density at radius 2 is 1.87 bits per heavy atom. The summed E-state index contributed by atoms with van der Waals surface area (Å²) in [5, 5.41) is 1.07. The molecule has 3 fully saturated rings. The van der Waals surface area contributed by atoms with Gasteiger partial charge in [-0.25, -0.2) is 13.4 Å². The van der Waals surface area contributed by atoms with Crippen molar-refractivity contribution in [3.8, 4) is 0 Å². The van der Waals surface area contributed by atoms with Gasteiger partial charge >= 0.3 is 0 Å². The number of thiazole rings is 1. The Morgan fingerprint density at radius 1 is 1.13 bits per heavy atom. The maximum Gasteiger partial charge on any atom is 0.244 e. The van der Waals surface area contributed by atoms with E-state index in [0.29, 0.717) is 44.8 Å². The minimum Gasteiger partial charge on any atom is -0.377 e. The number of nitrogens with zero attached hydrogens (tertiary/aromatic N) is 3. The van der Waals surface area contributed by atoms with Crippen LogP contribution in [0.3, 0.4) is 0 Å². The molecule has 1 aromatic carbocycles. The molecule has 0 aliphatic carbocycles. The van der Waals surface area contributed by atoms with Crippen LogP contribution >= 0.6 is 22.9 Å². The van der Waals surface area contributed by atoms with Crippen molar-refractivity contribution in [1.29, 1.82) is 0 Å². The van der Waals surface area contributed by atoms with E-state index in [2.05, 4.69) is 4.90 Å². The lowest BCUT2D eigenvalue weighted by Gasteiger charge is -2.37. The summed E-state index contributed by atoms with van der Waals surface area (Å²) in [6.07, 6.45) is 2.29. The zero-order chi connectivity index (χ0) is 21.6. The van der Waals surface area contributed by atoms with Crippen molar-refractivity contribution in [2.75, 3.05) is 50.9 Å². The van der Waals surface area contributed by atoms with Crippen LogP contribution in [0.2, 0.25) is 5.02 Å². The second kappa shape index (κ2) is 8.40. The van der Waals surface area contributed by atoms with Gasteiger partial charge in [-0.1, -0.05) is 22.9 Å². The van der Waals surface area contributed by atoms with E-state index in [4.69, 9.17) is 30.8 Å². The number of ether oxygens (including phenoxy) is 3. The fourth-order valence-electron chi connectivity index (χ4n) is 4.33. The predicted octanol–water partition coefficient (Wildman–Crippen LogP) is 3.09. The average molecular weight is 488 g/mol. The Morgan fingerprint density at radius 3 is 2.61 bits per heavy atom. The molecule has 0 N–H and O–H groups in total. The standard InChI is InChI=1S/C20H26ClN3O5S2/c1-14-2-5-24(8-9-27-14)31(25,26)18-13-17-16(12-15(18)21)22-19(30-17)23-6-3-20(4-7-23)28-10-11-29-20/h12-14H,2-11H2,1H3. The second-order valence-corrected chi connectivity index (χ2v) is 11.5. The molecule has 3 saturated heterocycles. The molecule has 0 amide bonds. The van der Waals surface area contributed by atoms with Crippen LogP contribution in [0.1, 0.15) is 26.2 Å². The number of anilines is 1. The molecule has 1 spiro atoms. The maximum absolute atomic E-state index is 13.3. The van der Waals surface area contributed by atoms with Gasteiger partial charge in [-0.05, 0) is 25.5 Å². The van der Waals surface area contributed by atoms with Crippen LogP contribution in [0, 0.1) is 0 Å². The van der Waals surface area contributed by atoms with Crippen molar-refractivity contribution in [3.05, 3.63) is 17.2 Å². The highest BCUT2D eigenvalue weighted by Gasteiger charge is 2.40. The summed E-state index contributed by atoms with van der Waals surface area (Å²) in [5.41, 5.74) is 0.713. The molecule has 0 bridgehead atoms. The Bertz CT molecular complexity index is 1060. The molecule has 0 radical (unpaired) electrons. The van der Waals surface area contributed by atoms with Gasteiger partial charge in [0.05, 0.1) is 41.2 Å². The van der Waals surface area contributed by atoms with Crippen LogP contribution in [-0.4, -0.2) is 75.6 Å². The van der Waals surface area contributed by atoms with Crippen LogP contribution in [0.15, 0.2) is 17.0 Å². The maximum atomic E-state index is 13.3. The first kappa shape index (κ1) is 21.8. The third-order valence-corrected chi connectivity index (χ3v) is 9.63. The first-order valence-corrected chi connectivity index (χ1v) is 13.2. The molecule has 8 nitrogen and oxygen atoms in total. The van der Waals surface area contributed by atoms with E-state index in [9.17, 15) is 8.42 Å². The highest BCUT2D eigenvalue weighted by molar-refractivity contribution is 7.89. The molecule has 1 atom stereocenters. The van der Waals surface area contributed by atoms with Crippen molar-refractivity contribution in [3.63, 3.8) is 0 Å². The number of hydrogen-bond donors (Lipinski definition) is 0. The first-order chi connectivity index (χ1) is 14.9. The first-order valence-electron chi connectivity index (χ1n) is 10.6. The van der Waals surface area contributed by atoms with E-state index < -0.39 is 15.8 Å². The summed E-state index contributed by atoms with van der Waals surface area (Å²) >= 11 is 7.93. The van der Waals surface area contributed by atoms with E-state index >= 15 is 0 Å². The monoisotopic (exact) mass is 487 g/mol. The van der Waals surface area contributed by atoms with Crippen molar-refractivity contribution >= 4 is 48.3 Å². The molecule has 1 unspecified atom stereocenters. The molecule has 31 heavy (non-hydrogen) atoms. The molecule has 0 saturated carbocycles. The summed E-state index contributed by atoms with van der Waals surface area (Å²) in [6.45, 7) is 5.96. The summed E-state index contributed by atoms with van der Waals surface area (Å²) in [6, 6.07) is 3.33. The van der Waals surface area contributed by atoms with E-state index in [-0.39, 0.29) is 16.0 Å². The molecule has 1 aromatic heterocycles. The third-order valence-electron chi connectivity index (χ3n) is 6.19. The van der Waals surface area contributed by atoms with E-state index in [0.717, 1.165) is 35.8 Å². The fraction of sp³-hybridized carbons (Fsp3) is 0.650. The SMILES string of the molecule is CC1CCN(S(=O)(=O)c2cc3sc(N4CCC5(CC4)OCCO5)nc3cc2Cl)CCO1. The van der Waals surface area contributed by atoms with Gasteiger partial charge in [0.15, 0.2) is 10.9 Å². The molecule has 2 aromatic rings. The van der Waals surface area contributed by atoms with E-state index in [1.165, 1.54) is 15.6 Å². The Hall–Kier alpha value is -1.01. The number of hydrogen-bond acceptors (Lipinski definition) is 8. The lowest BCUT2D eigenvalue weighted by atomic mass is 10.0. The number of aromatic nitrogens is 1. The van der Waals surface area contributed by atoms with Gasteiger partial charge < -0.3 is 19.1 Å². The topological polar surface area (TPSA) is 81.2 Å². The minimum atomic E-state index is -3.71. The van der Waals surface area contributed by atoms with Crippen LogP contribution < -0.4 is 4.90 Å². The number of sulfonamides is 1. The lowest BCUT2D eigenvalue weighted by molar-refractivity contribution is -0.169. The smallest absolute Gasteiger partial charge is 0.244 e. The van der Waals surface area contributed by atoms with Crippen LogP contribution in [0.4, 0.5) is 5.13 Å². The van der Waals surface area contributed by atoms with Gasteiger partial charge in [0.2, 0.25) is 10.0 Å². The third kappa shape index (κ3) is 4.19. The normalized spacial score (nSPS) is 25.4. The predicted molar refractivity (Wildman–Crippen MR) is 120 cm³/mol. The molecule has 3 aliphatic heterocycles. The number of piperidine rings is 1. The molecule has 11 heteroatoms. The zero-order valence-electron chi connectivity index (χ0n) is 17.4. The Balaban J connectivity index is 1.39. The van der Waals surface area contributed by atoms with Crippen LogP contribution in [-0.2, 0) is 24.2 Å². The number of fused-ring (bicyclic) bond motifs is 1. The zero-order valence-corrected chi connectivity index (χ0v) is 19.8. The Kier molecular flexibility index (Phi) is 5.91. The largest absolute Gasteiger partial charge is 0.377 e. The summed E-state index contributed by atoms with van der Waals surface area (Å²) in [5.74, 6) is -0.438. The van der Waals surface area contributed by atoms with Gasteiger partial charge in [-0.15, -0.1) is 0 Å². The summed E-state index contributed by atoms with van der Waals surface area (Å²) in [7, 11) is -3.71. The van der Waals surface area contributed by atoms with E-state index in [1.54, 1.807) is 12.1 Å². The van der Waals surface area contributed by atoms with Crippen LogP contribution in [0.25, 0.3) is 10.2 Å². The minimum absolute atomic E-state index is 0.0471. The highest BCUT2D eigenvalue weighted by Crippen LogP contribution is 2.38. The summed E-state index contributed by atoms with van der Waals surface area (Å²) in [4.78, 5) is 7.06. The molecule has 170 valence electrons. The van der Waals surface area contributed by atoms with Crippen molar-refractivity contribution in [2.24, 2.45) is 0 Å². The molecular formula is C20H26ClN3O5S2. The summed E-state index contributed by atoms with van der Waals surface area (Å²) < 4.78 is 46.1. The Labute approximate surface area is 191 Å². The average Bonchev–Trinajstić information content (AvgIpc) is 3.30. The van der Waals surface area contributed by atoms with Gasteiger partial charge in [-0.3, -0.25) is 0 Å². The lowest BCUT2D eigenvalue weighted by Crippen LogP contribution is -2.45. The van der Waals surface area contributed by atoms with Gasteiger partial charge in [0.1, 0.15) is 4.90 Å². The van der Waals surface area contributed by atoms with Crippen molar-refractivity contribution < 1.29 is 22.6 Å². The van der Waals surface area contributed by atoms with Crippen molar-refractivity contribution in [1.82, 2.24) is 9.29 Å². The highest BCUT2D eigenvalue weighted by atomic mass is 35.5. The molecule has 5 rings (SSSR count). The van der Waals surface area contributed by atoms with Gasteiger partial charge in [0, 0.05) is 39.0 Å². The number of benzene rings is 1. The molecular weight excluding hydrogens is 462 g/mol. The molecule has 3 aliphatic rings. The number of rotatable bonds is 3. The van der Waals surface area contributed by atoms with Gasteiger partial charge in [0.25, 0.3) is 0 Å². The second-order valence-electron chi connectivity index (χ2n) is 8.22. The number of halogens is 1. The van der Waals surface area contributed by atoms with E-state index in [1.807, 2.05) is 6.92 Å². The quantitative estimate of drug-likeness (QED) is 0.658. The van der Waals surface area contributed by atoms with Crippen LogP contribution in [0.5, 0.6) is 0 Å². The van der Waals surface area contributed by atoms with Gasteiger partial charge in [-0.2, -0.15) is 4.31 Å².